The molecule has 0 amide bonds. The summed E-state index contributed by atoms with van der Waals surface area (Å²) in [5.74, 6) is 2.38. The summed E-state index contributed by atoms with van der Waals surface area (Å²) < 4.78 is 9.37. The Morgan fingerprint density at radius 1 is 0.384 bits per heavy atom. The summed E-state index contributed by atoms with van der Waals surface area (Å²) in [6.07, 6.45) is 1.86. The third-order valence-corrected chi connectivity index (χ3v) is 15.4. The van der Waals surface area contributed by atoms with Crippen LogP contribution in [0.4, 0.5) is 22.7 Å². The van der Waals surface area contributed by atoms with Gasteiger partial charge in [-0.1, -0.05) is 184 Å². The van der Waals surface area contributed by atoms with Crippen LogP contribution >= 0.6 is 0 Å². The van der Waals surface area contributed by atoms with Crippen molar-refractivity contribution in [2.75, 3.05) is 16.5 Å². The molecule has 0 saturated heterocycles. The van der Waals surface area contributed by atoms with Gasteiger partial charge in [-0.25, -0.2) is 4.98 Å². The largest absolute Gasteiger partial charge is 0.457 e. The fraction of sp³-hybridized carbons (Fsp3) is 0.221. The molecular weight excluding hydrogens is 889 g/mol. The van der Waals surface area contributed by atoms with Crippen molar-refractivity contribution in [3.05, 3.63) is 240 Å². The molecule has 11 rings (SSSR count). The molecule has 1 aliphatic heterocycles. The molecule has 0 N–H and O–H groups in total. The van der Waals surface area contributed by atoms with Crippen LogP contribution in [0.3, 0.4) is 0 Å². The van der Waals surface area contributed by atoms with Crippen LogP contribution in [0.2, 0.25) is 0 Å². The number of hydrogen-bond donors (Lipinski definition) is 0. The maximum Gasteiger partial charge on any atom is 0.137 e. The number of rotatable bonds is 10. The number of fused-ring (bicyclic) bond motifs is 4. The Kier molecular flexibility index (Phi) is 11.7. The van der Waals surface area contributed by atoms with Gasteiger partial charge in [0.15, 0.2) is 0 Å². The van der Waals surface area contributed by atoms with Crippen LogP contribution in [0.5, 0.6) is 11.5 Å². The lowest BCUT2D eigenvalue weighted by Gasteiger charge is -2.33. The maximum atomic E-state index is 7.11. The van der Waals surface area contributed by atoms with Gasteiger partial charge < -0.3 is 14.5 Å². The average Bonchev–Trinajstić information content (AvgIpc) is 3.94. The van der Waals surface area contributed by atoms with Crippen molar-refractivity contribution in [3.63, 3.8) is 0 Å². The summed E-state index contributed by atoms with van der Waals surface area (Å²) in [5, 5.41) is 2.36. The van der Waals surface area contributed by atoms with Crippen LogP contribution in [-0.2, 0) is 21.7 Å². The Bertz CT molecular complexity index is 3570. The molecule has 2 aromatic heterocycles. The van der Waals surface area contributed by atoms with Gasteiger partial charge in [0.05, 0.1) is 22.4 Å². The third-order valence-electron chi connectivity index (χ3n) is 15.4. The molecule has 364 valence electrons. The standard InChI is InChI=1S/C68H66N4O/c1-65(2,3)50-29-33-60-59(41-50)58-32-31-56(44-62(58)72(60)64-28-20-21-35-69-64)73-57-37-47(46-22-14-11-15-23-46)36-54(43-57)71-45-70(61-34-30-51(42-63(61)71)66(4,5)6)55-39-52(67(7,8)48-24-16-12-17-25-48)38-53(40-55)68(9,10)49-26-18-13-19-27-49/h11-44H,45H2,1-10H3. The molecule has 0 fully saturated rings. The Labute approximate surface area is 432 Å². The molecule has 0 saturated carbocycles. The predicted molar refractivity (Wildman–Crippen MR) is 307 cm³/mol. The molecule has 5 nitrogen and oxygen atoms in total. The normalized spacial score (nSPS) is 13.2. The molecule has 0 radical (unpaired) electrons. The van der Waals surface area contributed by atoms with Gasteiger partial charge in [-0.15, -0.1) is 0 Å². The summed E-state index contributed by atoms with van der Waals surface area (Å²) in [5.41, 5.74) is 16.0. The third kappa shape index (κ3) is 8.86. The molecule has 3 heterocycles. The zero-order valence-corrected chi connectivity index (χ0v) is 44.0. The highest BCUT2D eigenvalue weighted by Crippen LogP contribution is 2.50. The van der Waals surface area contributed by atoms with E-state index in [1.165, 1.54) is 44.5 Å². The lowest BCUT2D eigenvalue weighted by Crippen LogP contribution is -2.27. The summed E-state index contributed by atoms with van der Waals surface area (Å²) in [6, 6.07) is 73.1. The molecule has 0 aliphatic carbocycles. The van der Waals surface area contributed by atoms with Crippen LogP contribution in [0, 0.1) is 0 Å². The van der Waals surface area contributed by atoms with Crippen LogP contribution < -0.4 is 14.5 Å². The molecule has 8 aromatic carbocycles. The highest BCUT2D eigenvalue weighted by Gasteiger charge is 2.34. The summed E-state index contributed by atoms with van der Waals surface area (Å²) in [4.78, 5) is 9.85. The Balaban J connectivity index is 1.06. The Hall–Kier alpha value is -7.89. The molecule has 73 heavy (non-hydrogen) atoms. The molecule has 0 atom stereocenters. The first-order valence-electron chi connectivity index (χ1n) is 25.8. The van der Waals surface area contributed by atoms with Gasteiger partial charge in [0, 0.05) is 51.3 Å². The molecule has 5 heteroatoms. The lowest BCUT2D eigenvalue weighted by molar-refractivity contribution is 0.483. The first-order chi connectivity index (χ1) is 34.9. The first-order valence-corrected chi connectivity index (χ1v) is 25.8. The van der Waals surface area contributed by atoms with E-state index in [-0.39, 0.29) is 21.7 Å². The summed E-state index contributed by atoms with van der Waals surface area (Å²) in [7, 11) is 0. The first kappa shape index (κ1) is 47.4. The highest BCUT2D eigenvalue weighted by molar-refractivity contribution is 6.10. The fourth-order valence-electron chi connectivity index (χ4n) is 10.7. The Morgan fingerprint density at radius 2 is 0.959 bits per heavy atom. The number of nitrogens with zero attached hydrogens (tertiary/aromatic N) is 4. The smallest absolute Gasteiger partial charge is 0.137 e. The summed E-state index contributed by atoms with van der Waals surface area (Å²) in [6.45, 7) is 23.7. The number of ether oxygens (including phenoxy) is 1. The quantitative estimate of drug-likeness (QED) is 0.137. The van der Waals surface area contributed by atoms with E-state index < -0.39 is 0 Å². The Morgan fingerprint density at radius 3 is 1.58 bits per heavy atom. The van der Waals surface area contributed by atoms with E-state index in [1.54, 1.807) is 0 Å². The van der Waals surface area contributed by atoms with E-state index in [9.17, 15) is 0 Å². The minimum absolute atomic E-state index is 0.00485. The van der Waals surface area contributed by atoms with Crippen LogP contribution in [0.15, 0.2) is 206 Å². The van der Waals surface area contributed by atoms with Gasteiger partial charge in [-0.3, -0.25) is 4.57 Å². The van der Waals surface area contributed by atoms with Crippen molar-refractivity contribution >= 4 is 44.6 Å². The molecule has 0 unspecified atom stereocenters. The molecule has 10 aromatic rings. The second-order valence-electron chi connectivity index (χ2n) is 23.1. The van der Waals surface area contributed by atoms with Gasteiger partial charge >= 0.3 is 0 Å². The van der Waals surface area contributed by atoms with E-state index >= 15 is 0 Å². The molecule has 0 spiro atoms. The average molecular weight is 955 g/mol. The van der Waals surface area contributed by atoms with Gasteiger partial charge in [-0.05, 0) is 128 Å². The van der Waals surface area contributed by atoms with Crippen molar-refractivity contribution in [2.45, 2.75) is 90.9 Å². The number of aromatic nitrogens is 2. The van der Waals surface area contributed by atoms with Crippen LogP contribution in [0.25, 0.3) is 38.8 Å². The van der Waals surface area contributed by atoms with E-state index in [0.29, 0.717) is 6.67 Å². The number of hydrogen-bond acceptors (Lipinski definition) is 4. The van der Waals surface area contributed by atoms with Gasteiger partial charge in [0.25, 0.3) is 0 Å². The van der Waals surface area contributed by atoms with Crippen LogP contribution in [0.1, 0.15) is 103 Å². The minimum Gasteiger partial charge on any atom is -0.457 e. The second-order valence-corrected chi connectivity index (χ2v) is 23.1. The van der Waals surface area contributed by atoms with E-state index in [4.69, 9.17) is 9.72 Å². The SMILES string of the molecule is CC(C)(C)c1ccc2c(c1)N(c1cc(Oc3ccc4c5cc(C(C)(C)C)ccc5n(-c5ccccn5)c4c3)cc(-c3ccccc3)c1)CN2c1cc(C(C)(C)c2ccccc2)cc(C(C)(C)c2ccccc2)c1. The minimum atomic E-state index is -0.266. The zero-order valence-electron chi connectivity index (χ0n) is 44.0. The molecule has 0 bridgehead atoms. The number of pyridine rings is 1. The van der Waals surface area contributed by atoms with Crippen molar-refractivity contribution < 1.29 is 4.74 Å². The zero-order chi connectivity index (χ0) is 50.9. The predicted octanol–water partition coefficient (Wildman–Crippen LogP) is 18.1. The van der Waals surface area contributed by atoms with Crippen molar-refractivity contribution in [3.8, 4) is 28.4 Å². The lowest BCUT2D eigenvalue weighted by atomic mass is 9.73. The van der Waals surface area contributed by atoms with Gasteiger partial charge in [0.2, 0.25) is 0 Å². The maximum absolute atomic E-state index is 7.11. The van der Waals surface area contributed by atoms with Crippen molar-refractivity contribution in [2.24, 2.45) is 0 Å². The van der Waals surface area contributed by atoms with Crippen molar-refractivity contribution in [1.82, 2.24) is 9.55 Å². The van der Waals surface area contributed by atoms with Crippen LogP contribution in [-0.4, -0.2) is 16.2 Å². The summed E-state index contributed by atoms with van der Waals surface area (Å²) >= 11 is 0. The van der Waals surface area contributed by atoms with Gasteiger partial charge in [-0.2, -0.15) is 0 Å². The fourth-order valence-corrected chi connectivity index (χ4v) is 10.7. The topological polar surface area (TPSA) is 33.5 Å². The van der Waals surface area contributed by atoms with E-state index in [0.717, 1.165) is 61.9 Å². The van der Waals surface area contributed by atoms with Gasteiger partial charge in [0.1, 0.15) is 24.0 Å². The highest BCUT2D eigenvalue weighted by atomic mass is 16.5. The van der Waals surface area contributed by atoms with E-state index in [2.05, 4.69) is 278 Å². The second kappa shape index (κ2) is 18.0. The van der Waals surface area contributed by atoms with E-state index in [1.807, 2.05) is 12.3 Å². The monoisotopic (exact) mass is 955 g/mol. The molecular formula is C68H66N4O. The molecule has 1 aliphatic rings. The van der Waals surface area contributed by atoms with Crippen molar-refractivity contribution in [1.29, 1.82) is 0 Å². The number of benzene rings is 8. The number of anilines is 4.